The number of aromatic nitrogens is 1. The lowest BCUT2D eigenvalue weighted by Crippen LogP contribution is -2.13. The molecule has 3 nitrogen and oxygen atoms in total. The van der Waals surface area contributed by atoms with Gasteiger partial charge in [-0.25, -0.2) is 0 Å². The summed E-state index contributed by atoms with van der Waals surface area (Å²) in [5.74, 6) is 0.511. The number of pyridine rings is 1. The van der Waals surface area contributed by atoms with Crippen LogP contribution in [0.3, 0.4) is 0 Å². The van der Waals surface area contributed by atoms with Gasteiger partial charge in [0.2, 0.25) is 0 Å². The van der Waals surface area contributed by atoms with E-state index >= 15 is 0 Å². The number of halogens is 2. The molecule has 0 aliphatic heterocycles. The first-order valence-electron chi connectivity index (χ1n) is 5.83. The molecule has 2 aromatic rings. The summed E-state index contributed by atoms with van der Waals surface area (Å²) in [4.78, 5) is 4.24. The fourth-order valence-corrected chi connectivity index (χ4v) is 2.43. The highest BCUT2D eigenvalue weighted by Crippen LogP contribution is 2.33. The number of rotatable bonds is 5. The number of ether oxygens (including phenoxy) is 1. The van der Waals surface area contributed by atoms with Crippen LogP contribution in [0.2, 0.25) is 10.0 Å². The molecule has 0 saturated carbocycles. The van der Waals surface area contributed by atoms with Crippen LogP contribution in [0.1, 0.15) is 11.3 Å². The van der Waals surface area contributed by atoms with E-state index in [2.05, 4.69) is 10.3 Å². The molecule has 1 heterocycles. The Morgan fingerprint density at radius 2 is 1.89 bits per heavy atom. The summed E-state index contributed by atoms with van der Waals surface area (Å²) >= 11 is 12.2. The SMILES string of the molecule is COc1c(Cl)cc(CNCc2ccccn2)cc1Cl. The van der Waals surface area contributed by atoms with Gasteiger partial charge < -0.3 is 10.1 Å². The van der Waals surface area contributed by atoms with Gasteiger partial charge in [-0.15, -0.1) is 0 Å². The normalized spacial score (nSPS) is 10.5. The van der Waals surface area contributed by atoms with E-state index in [4.69, 9.17) is 27.9 Å². The zero-order valence-corrected chi connectivity index (χ0v) is 12.0. The monoisotopic (exact) mass is 296 g/mol. The van der Waals surface area contributed by atoms with Gasteiger partial charge in [0.1, 0.15) is 0 Å². The number of nitrogens with one attached hydrogen (secondary N) is 1. The Morgan fingerprint density at radius 1 is 1.16 bits per heavy atom. The third kappa shape index (κ3) is 3.83. The highest BCUT2D eigenvalue weighted by molar-refractivity contribution is 6.37. The van der Waals surface area contributed by atoms with Gasteiger partial charge in [0.15, 0.2) is 5.75 Å². The van der Waals surface area contributed by atoms with Crippen LogP contribution >= 0.6 is 23.2 Å². The number of methoxy groups -OCH3 is 1. The Bertz CT molecular complexity index is 523. The van der Waals surface area contributed by atoms with Gasteiger partial charge in [-0.3, -0.25) is 4.98 Å². The molecule has 0 unspecified atom stereocenters. The van der Waals surface area contributed by atoms with Gasteiger partial charge in [-0.1, -0.05) is 29.3 Å². The van der Waals surface area contributed by atoms with Gasteiger partial charge in [-0.05, 0) is 29.8 Å². The minimum Gasteiger partial charge on any atom is -0.494 e. The van der Waals surface area contributed by atoms with Crippen molar-refractivity contribution < 1.29 is 4.74 Å². The molecule has 0 aliphatic carbocycles. The molecule has 19 heavy (non-hydrogen) atoms. The quantitative estimate of drug-likeness (QED) is 0.914. The van der Waals surface area contributed by atoms with E-state index in [1.54, 1.807) is 13.3 Å². The van der Waals surface area contributed by atoms with Crippen LogP contribution in [-0.4, -0.2) is 12.1 Å². The molecule has 0 aliphatic rings. The predicted molar refractivity (Wildman–Crippen MR) is 77.8 cm³/mol. The molecule has 5 heteroatoms. The standard InChI is InChI=1S/C14H14Cl2N2O/c1-19-14-12(15)6-10(7-13(14)16)8-17-9-11-4-2-3-5-18-11/h2-7,17H,8-9H2,1H3. The minimum atomic E-state index is 0.511. The van der Waals surface area contributed by atoms with Crippen molar-refractivity contribution >= 4 is 23.2 Å². The van der Waals surface area contributed by atoms with Crippen LogP contribution < -0.4 is 10.1 Å². The van der Waals surface area contributed by atoms with Crippen molar-refractivity contribution in [2.75, 3.05) is 7.11 Å². The maximum atomic E-state index is 6.08. The molecular weight excluding hydrogens is 283 g/mol. The van der Waals surface area contributed by atoms with E-state index in [0.29, 0.717) is 28.9 Å². The molecule has 1 aromatic carbocycles. The van der Waals surface area contributed by atoms with E-state index < -0.39 is 0 Å². The maximum absolute atomic E-state index is 6.08. The molecular formula is C14H14Cl2N2O. The summed E-state index contributed by atoms with van der Waals surface area (Å²) in [5.41, 5.74) is 2.00. The fraction of sp³-hybridized carbons (Fsp3) is 0.214. The second kappa shape index (κ2) is 6.75. The van der Waals surface area contributed by atoms with Gasteiger partial charge >= 0.3 is 0 Å². The molecule has 0 atom stereocenters. The van der Waals surface area contributed by atoms with Crippen LogP contribution in [0, 0.1) is 0 Å². The Labute approximate surface area is 122 Å². The smallest absolute Gasteiger partial charge is 0.156 e. The molecule has 0 bridgehead atoms. The van der Waals surface area contributed by atoms with Crippen molar-refractivity contribution in [1.29, 1.82) is 0 Å². The first-order valence-corrected chi connectivity index (χ1v) is 6.59. The van der Waals surface area contributed by atoms with Crippen molar-refractivity contribution in [3.05, 3.63) is 57.8 Å². The highest BCUT2D eigenvalue weighted by Gasteiger charge is 2.08. The Kier molecular flexibility index (Phi) is 5.02. The molecule has 2 rings (SSSR count). The largest absolute Gasteiger partial charge is 0.494 e. The number of nitrogens with zero attached hydrogens (tertiary/aromatic N) is 1. The van der Waals surface area contributed by atoms with Gasteiger partial charge in [0.05, 0.1) is 22.8 Å². The Hall–Kier alpha value is -1.29. The zero-order chi connectivity index (χ0) is 13.7. The van der Waals surface area contributed by atoms with Gasteiger partial charge in [0.25, 0.3) is 0 Å². The molecule has 0 radical (unpaired) electrons. The molecule has 0 fully saturated rings. The van der Waals surface area contributed by atoms with Crippen molar-refractivity contribution in [2.45, 2.75) is 13.1 Å². The van der Waals surface area contributed by atoms with Crippen LogP contribution in [0.25, 0.3) is 0 Å². The summed E-state index contributed by atoms with van der Waals surface area (Å²) < 4.78 is 5.11. The van der Waals surface area contributed by atoms with Gasteiger partial charge in [-0.2, -0.15) is 0 Å². The lowest BCUT2D eigenvalue weighted by molar-refractivity contribution is 0.415. The molecule has 100 valence electrons. The lowest BCUT2D eigenvalue weighted by Gasteiger charge is -2.09. The molecule has 1 aromatic heterocycles. The number of benzene rings is 1. The molecule has 1 N–H and O–H groups in total. The van der Waals surface area contributed by atoms with Crippen LogP contribution in [0.4, 0.5) is 0 Å². The van der Waals surface area contributed by atoms with Crippen LogP contribution in [0.5, 0.6) is 5.75 Å². The summed E-state index contributed by atoms with van der Waals surface area (Å²) in [7, 11) is 1.55. The topological polar surface area (TPSA) is 34.1 Å². The average molecular weight is 297 g/mol. The van der Waals surface area contributed by atoms with Gasteiger partial charge in [0, 0.05) is 19.3 Å². The van der Waals surface area contributed by atoms with Crippen molar-refractivity contribution in [2.24, 2.45) is 0 Å². The van der Waals surface area contributed by atoms with Crippen molar-refractivity contribution in [1.82, 2.24) is 10.3 Å². The number of hydrogen-bond donors (Lipinski definition) is 1. The third-order valence-corrected chi connectivity index (χ3v) is 3.19. The highest BCUT2D eigenvalue weighted by atomic mass is 35.5. The second-order valence-corrected chi connectivity index (χ2v) is 4.83. The summed E-state index contributed by atoms with van der Waals surface area (Å²) in [6, 6.07) is 9.52. The van der Waals surface area contributed by atoms with Crippen LogP contribution in [-0.2, 0) is 13.1 Å². The van der Waals surface area contributed by atoms with Crippen molar-refractivity contribution in [3.63, 3.8) is 0 Å². The van der Waals surface area contributed by atoms with E-state index in [1.165, 1.54) is 0 Å². The average Bonchev–Trinajstić information content (AvgIpc) is 2.40. The van der Waals surface area contributed by atoms with E-state index in [1.807, 2.05) is 30.3 Å². The van der Waals surface area contributed by atoms with E-state index in [0.717, 1.165) is 11.3 Å². The third-order valence-electron chi connectivity index (χ3n) is 2.62. The molecule has 0 spiro atoms. The Balaban J connectivity index is 1.97. The Morgan fingerprint density at radius 3 is 2.47 bits per heavy atom. The summed E-state index contributed by atoms with van der Waals surface area (Å²) in [6.45, 7) is 1.36. The lowest BCUT2D eigenvalue weighted by atomic mass is 10.2. The molecule has 0 amide bonds. The van der Waals surface area contributed by atoms with E-state index in [-0.39, 0.29) is 0 Å². The minimum absolute atomic E-state index is 0.511. The fourth-order valence-electron chi connectivity index (χ4n) is 1.75. The van der Waals surface area contributed by atoms with Crippen molar-refractivity contribution in [3.8, 4) is 5.75 Å². The van der Waals surface area contributed by atoms with Crippen LogP contribution in [0.15, 0.2) is 36.5 Å². The molecule has 0 saturated heterocycles. The first kappa shape index (κ1) is 14.1. The maximum Gasteiger partial charge on any atom is 0.156 e. The summed E-state index contributed by atoms with van der Waals surface area (Å²) in [5, 5.41) is 4.33. The zero-order valence-electron chi connectivity index (χ0n) is 10.5. The van der Waals surface area contributed by atoms with E-state index in [9.17, 15) is 0 Å². The first-order chi connectivity index (χ1) is 9.20. The number of hydrogen-bond acceptors (Lipinski definition) is 3. The summed E-state index contributed by atoms with van der Waals surface area (Å²) in [6.07, 6.45) is 1.78. The predicted octanol–water partition coefficient (Wildman–Crippen LogP) is 3.69. The second-order valence-electron chi connectivity index (χ2n) is 4.02.